The predicted octanol–water partition coefficient (Wildman–Crippen LogP) is 4.77. The Labute approximate surface area is 185 Å². The quantitative estimate of drug-likeness (QED) is 0.519. The van der Waals surface area contributed by atoms with Crippen molar-refractivity contribution >= 4 is 17.6 Å². The molecule has 4 rings (SSSR count). The van der Waals surface area contributed by atoms with Gasteiger partial charge in [0.05, 0.1) is 11.4 Å². The minimum Gasteiger partial charge on any atom is -0.507 e. The highest BCUT2D eigenvalue weighted by atomic mass is 19.1. The first-order valence-electron chi connectivity index (χ1n) is 10.7. The molecular weight excluding hydrogens is 411 g/mol. The number of rotatable bonds is 6. The summed E-state index contributed by atoms with van der Waals surface area (Å²) in [7, 11) is 0. The number of amides is 2. The van der Waals surface area contributed by atoms with E-state index < -0.39 is 0 Å². The van der Waals surface area contributed by atoms with Crippen LogP contribution in [0.4, 0.5) is 14.9 Å². The molecule has 0 radical (unpaired) electrons. The van der Waals surface area contributed by atoms with Crippen LogP contribution in [0.3, 0.4) is 0 Å². The summed E-state index contributed by atoms with van der Waals surface area (Å²) in [5.74, 6) is -0.274. The molecule has 0 spiro atoms. The van der Waals surface area contributed by atoms with Gasteiger partial charge in [-0.05, 0) is 48.7 Å². The molecule has 0 saturated heterocycles. The van der Waals surface area contributed by atoms with Crippen LogP contribution in [-0.4, -0.2) is 26.8 Å². The second-order valence-electron chi connectivity index (χ2n) is 7.91. The molecule has 0 atom stereocenters. The first-order valence-corrected chi connectivity index (χ1v) is 10.7. The summed E-state index contributed by atoms with van der Waals surface area (Å²) in [6.45, 7) is 1.99. The molecule has 1 saturated carbocycles. The van der Waals surface area contributed by atoms with E-state index in [0.29, 0.717) is 23.4 Å². The van der Waals surface area contributed by atoms with Crippen LogP contribution < -0.4 is 10.6 Å². The van der Waals surface area contributed by atoms with E-state index in [0.717, 1.165) is 30.5 Å². The number of nitrogens with zero attached hydrogens (tertiary/aromatic N) is 2. The van der Waals surface area contributed by atoms with E-state index >= 15 is 0 Å². The molecule has 2 aromatic carbocycles. The van der Waals surface area contributed by atoms with Crippen molar-refractivity contribution in [3.05, 3.63) is 65.6 Å². The summed E-state index contributed by atoms with van der Waals surface area (Å²) in [5.41, 5.74) is 3.03. The summed E-state index contributed by atoms with van der Waals surface area (Å²) in [6, 6.07) is 12.2. The highest BCUT2D eigenvalue weighted by molar-refractivity contribution is 5.91. The molecule has 8 heteroatoms. The fourth-order valence-electron chi connectivity index (χ4n) is 3.61. The second kappa shape index (κ2) is 9.21. The monoisotopic (exact) mass is 436 g/mol. The molecule has 7 nitrogen and oxygen atoms in total. The van der Waals surface area contributed by atoms with Crippen molar-refractivity contribution in [1.29, 1.82) is 0 Å². The maximum atomic E-state index is 13.1. The van der Waals surface area contributed by atoms with Crippen molar-refractivity contribution in [3.8, 4) is 17.0 Å². The van der Waals surface area contributed by atoms with Crippen LogP contribution in [-0.2, 0) is 11.3 Å². The smallest absolute Gasteiger partial charge is 0.342 e. The molecule has 1 aliphatic carbocycles. The first kappa shape index (κ1) is 21.5. The molecule has 1 aromatic heterocycles. The third kappa shape index (κ3) is 4.64. The molecule has 32 heavy (non-hydrogen) atoms. The minimum atomic E-state index is -0.381. The minimum absolute atomic E-state index is 0.0320. The van der Waals surface area contributed by atoms with E-state index in [2.05, 4.69) is 15.7 Å². The predicted molar refractivity (Wildman–Crippen MR) is 119 cm³/mol. The Balaban J connectivity index is 1.57. The maximum absolute atomic E-state index is 13.1. The summed E-state index contributed by atoms with van der Waals surface area (Å²) >= 11 is 0. The molecule has 0 aliphatic heterocycles. The number of nitrogens with one attached hydrogen (secondary N) is 2. The largest absolute Gasteiger partial charge is 0.507 e. The number of carbonyl (C=O) groups excluding carboxylic acids is 2. The van der Waals surface area contributed by atoms with E-state index in [1.54, 1.807) is 31.2 Å². The lowest BCUT2D eigenvalue weighted by Crippen LogP contribution is -2.31. The Kier molecular flexibility index (Phi) is 6.20. The lowest BCUT2D eigenvalue weighted by molar-refractivity contribution is -0.115. The van der Waals surface area contributed by atoms with Crippen molar-refractivity contribution in [2.45, 2.75) is 45.1 Å². The van der Waals surface area contributed by atoms with Crippen molar-refractivity contribution in [2.24, 2.45) is 0 Å². The van der Waals surface area contributed by atoms with Gasteiger partial charge in [0, 0.05) is 36.2 Å². The number of aromatic nitrogens is 2. The summed E-state index contributed by atoms with van der Waals surface area (Å²) in [4.78, 5) is 24.5. The molecule has 3 aromatic rings. The van der Waals surface area contributed by atoms with Gasteiger partial charge < -0.3 is 15.7 Å². The highest BCUT2D eigenvalue weighted by Gasteiger charge is 2.27. The Morgan fingerprint density at radius 3 is 2.53 bits per heavy atom. The lowest BCUT2D eigenvalue weighted by Gasteiger charge is -2.25. The molecule has 0 unspecified atom stereocenters. The number of benzene rings is 2. The van der Waals surface area contributed by atoms with Gasteiger partial charge in [0.1, 0.15) is 11.6 Å². The van der Waals surface area contributed by atoms with Crippen molar-refractivity contribution in [3.63, 3.8) is 0 Å². The first-order chi connectivity index (χ1) is 15.4. The Bertz CT molecular complexity index is 1140. The van der Waals surface area contributed by atoms with Gasteiger partial charge >= 0.3 is 6.03 Å². The van der Waals surface area contributed by atoms with Crippen LogP contribution in [0.1, 0.15) is 49.8 Å². The third-order valence-electron chi connectivity index (χ3n) is 5.69. The van der Waals surface area contributed by atoms with Gasteiger partial charge in [-0.3, -0.25) is 4.79 Å². The average molecular weight is 436 g/mol. The second-order valence-corrected chi connectivity index (χ2v) is 7.91. The number of anilines is 1. The molecule has 0 bridgehead atoms. The number of aromatic hydroxyl groups is 1. The van der Waals surface area contributed by atoms with E-state index in [9.17, 15) is 19.1 Å². The van der Waals surface area contributed by atoms with E-state index in [1.165, 1.54) is 22.9 Å². The van der Waals surface area contributed by atoms with Gasteiger partial charge in [-0.1, -0.05) is 25.5 Å². The molecule has 1 heterocycles. The van der Waals surface area contributed by atoms with Crippen molar-refractivity contribution in [1.82, 2.24) is 15.1 Å². The molecular formula is C24H25FN4O3. The molecule has 2 amide bonds. The van der Waals surface area contributed by atoms with E-state index in [4.69, 9.17) is 0 Å². The number of carbonyl (C=O) groups is 2. The SMILES string of the molecule is CCC(=O)Nc1ccc(-c2cc(C3CCC3)n(C(=O)NCc3ccc(F)cc3)n2)c(O)c1. The zero-order valence-electron chi connectivity index (χ0n) is 17.8. The number of hydrogen-bond donors (Lipinski definition) is 3. The Morgan fingerprint density at radius 2 is 1.91 bits per heavy atom. The fourth-order valence-corrected chi connectivity index (χ4v) is 3.61. The van der Waals surface area contributed by atoms with Gasteiger partial charge in [-0.2, -0.15) is 9.78 Å². The van der Waals surface area contributed by atoms with Gasteiger partial charge in [0.2, 0.25) is 5.91 Å². The molecule has 166 valence electrons. The zero-order chi connectivity index (χ0) is 22.7. The Morgan fingerprint density at radius 1 is 1.16 bits per heavy atom. The van der Waals surface area contributed by atoms with Crippen LogP contribution in [0.5, 0.6) is 5.75 Å². The van der Waals surface area contributed by atoms with Crippen molar-refractivity contribution < 1.29 is 19.1 Å². The number of phenolic OH excluding ortho intramolecular Hbond substituents is 1. The Hall–Kier alpha value is -3.68. The maximum Gasteiger partial charge on any atom is 0.342 e. The van der Waals surface area contributed by atoms with Crippen LogP contribution >= 0.6 is 0 Å². The summed E-state index contributed by atoms with van der Waals surface area (Å²) in [5, 5.41) is 20.5. The molecule has 1 fully saturated rings. The lowest BCUT2D eigenvalue weighted by atomic mass is 9.82. The number of halogens is 1. The topological polar surface area (TPSA) is 96.3 Å². The fraction of sp³-hybridized carbons (Fsp3) is 0.292. The van der Waals surface area contributed by atoms with Gasteiger partial charge in [0.15, 0.2) is 0 Å². The van der Waals surface area contributed by atoms with Gasteiger partial charge in [-0.15, -0.1) is 0 Å². The van der Waals surface area contributed by atoms with Gasteiger partial charge in [0.25, 0.3) is 0 Å². The van der Waals surface area contributed by atoms with Crippen LogP contribution in [0.2, 0.25) is 0 Å². The average Bonchev–Trinajstić information content (AvgIpc) is 3.16. The summed E-state index contributed by atoms with van der Waals surface area (Å²) < 4.78 is 14.5. The number of hydrogen-bond acceptors (Lipinski definition) is 4. The standard InChI is InChI=1S/C24H25FN4O3/c1-2-23(31)27-18-10-11-19(22(30)12-18)20-13-21(16-4-3-5-16)29(28-20)24(32)26-14-15-6-8-17(25)9-7-15/h6-13,16,30H,2-5,14H2,1H3,(H,26,32)(H,27,31). The van der Waals surface area contributed by atoms with Crippen molar-refractivity contribution in [2.75, 3.05) is 5.32 Å². The van der Waals surface area contributed by atoms with Gasteiger partial charge in [-0.25, -0.2) is 9.18 Å². The van der Waals surface area contributed by atoms with Crippen LogP contribution in [0.15, 0.2) is 48.5 Å². The third-order valence-corrected chi connectivity index (χ3v) is 5.69. The highest BCUT2D eigenvalue weighted by Crippen LogP contribution is 2.39. The normalized spacial score (nSPS) is 13.4. The van der Waals surface area contributed by atoms with E-state index in [1.807, 2.05) is 6.07 Å². The van der Waals surface area contributed by atoms with E-state index in [-0.39, 0.29) is 36.0 Å². The molecule has 3 N–H and O–H groups in total. The zero-order valence-corrected chi connectivity index (χ0v) is 17.8. The van der Waals surface area contributed by atoms with Crippen LogP contribution in [0, 0.1) is 5.82 Å². The number of phenols is 1. The summed E-state index contributed by atoms with van der Waals surface area (Å²) in [6.07, 6.45) is 3.39. The van der Waals surface area contributed by atoms with Crippen LogP contribution in [0.25, 0.3) is 11.3 Å². The molecule has 1 aliphatic rings.